The Hall–Kier alpha value is -1.06. The van der Waals surface area contributed by atoms with E-state index < -0.39 is 5.91 Å². The summed E-state index contributed by atoms with van der Waals surface area (Å²) in [7, 11) is 0. The van der Waals surface area contributed by atoms with Gasteiger partial charge in [0.1, 0.15) is 0 Å². The van der Waals surface area contributed by atoms with Gasteiger partial charge >= 0.3 is 11.8 Å². The first kappa shape index (κ1) is 18.0. The first-order valence-corrected chi connectivity index (χ1v) is 8.78. The molecule has 0 spiro atoms. The molecule has 0 aromatic carbocycles. The van der Waals surface area contributed by atoms with E-state index in [1.807, 2.05) is 0 Å². The first-order valence-electron chi connectivity index (χ1n) is 8.78. The number of carbonyl (C=O) groups is 2. The highest BCUT2D eigenvalue weighted by Crippen LogP contribution is 2.17. The summed E-state index contributed by atoms with van der Waals surface area (Å²) in [6.45, 7) is 5.61. The summed E-state index contributed by atoms with van der Waals surface area (Å²) in [6, 6.07) is 0.197. The van der Waals surface area contributed by atoms with Crippen molar-refractivity contribution in [1.82, 2.24) is 10.2 Å². The number of hydrogen-bond acceptors (Lipinski definition) is 2. The molecule has 21 heavy (non-hydrogen) atoms. The van der Waals surface area contributed by atoms with Gasteiger partial charge in [0.15, 0.2) is 0 Å². The SMILES string of the molecule is CCCCN(CCCC)C(=O)C(=O)NC1CCCCCC1. The molecule has 1 rings (SSSR count). The predicted molar refractivity (Wildman–Crippen MR) is 86.0 cm³/mol. The van der Waals surface area contributed by atoms with Crippen LogP contribution in [0.5, 0.6) is 0 Å². The van der Waals surface area contributed by atoms with Gasteiger partial charge in [-0.15, -0.1) is 0 Å². The van der Waals surface area contributed by atoms with Crippen LogP contribution in [0.15, 0.2) is 0 Å². The molecule has 0 radical (unpaired) electrons. The number of unbranched alkanes of at least 4 members (excludes halogenated alkanes) is 2. The molecule has 0 aromatic rings. The Balaban J connectivity index is 2.48. The summed E-state index contributed by atoms with van der Waals surface area (Å²) in [6.07, 6.45) is 10.9. The van der Waals surface area contributed by atoms with Crippen molar-refractivity contribution >= 4 is 11.8 Å². The number of rotatable bonds is 7. The number of nitrogens with one attached hydrogen (secondary N) is 1. The molecule has 1 N–H and O–H groups in total. The number of carbonyl (C=O) groups excluding carboxylic acids is 2. The first-order chi connectivity index (χ1) is 10.2. The molecule has 0 saturated heterocycles. The van der Waals surface area contributed by atoms with Crippen LogP contribution in [0.2, 0.25) is 0 Å². The molecule has 0 aliphatic heterocycles. The number of hydrogen-bond donors (Lipinski definition) is 1. The van der Waals surface area contributed by atoms with Crippen molar-refractivity contribution in [3.8, 4) is 0 Å². The molecule has 4 heteroatoms. The Kier molecular flexibility index (Phi) is 9.11. The maximum Gasteiger partial charge on any atom is 0.311 e. The third-order valence-electron chi connectivity index (χ3n) is 4.24. The number of nitrogens with zero attached hydrogens (tertiary/aromatic N) is 1. The van der Waals surface area contributed by atoms with Crippen LogP contribution in [-0.2, 0) is 9.59 Å². The van der Waals surface area contributed by atoms with E-state index in [2.05, 4.69) is 19.2 Å². The average molecular weight is 296 g/mol. The van der Waals surface area contributed by atoms with Crippen LogP contribution in [0.1, 0.15) is 78.1 Å². The Morgan fingerprint density at radius 3 is 1.95 bits per heavy atom. The molecular weight excluding hydrogens is 264 g/mol. The maximum absolute atomic E-state index is 12.3. The monoisotopic (exact) mass is 296 g/mol. The fourth-order valence-corrected chi connectivity index (χ4v) is 2.83. The van der Waals surface area contributed by atoms with E-state index in [9.17, 15) is 9.59 Å². The quantitative estimate of drug-likeness (QED) is 0.579. The van der Waals surface area contributed by atoms with Gasteiger partial charge in [-0.05, 0) is 25.7 Å². The highest BCUT2D eigenvalue weighted by atomic mass is 16.2. The molecule has 1 fully saturated rings. The second-order valence-corrected chi connectivity index (χ2v) is 6.16. The van der Waals surface area contributed by atoms with E-state index >= 15 is 0 Å². The molecule has 1 saturated carbocycles. The fraction of sp³-hybridized carbons (Fsp3) is 0.882. The van der Waals surface area contributed by atoms with E-state index in [-0.39, 0.29) is 11.9 Å². The molecule has 0 aromatic heterocycles. The van der Waals surface area contributed by atoms with E-state index in [1.54, 1.807) is 4.90 Å². The van der Waals surface area contributed by atoms with Gasteiger partial charge in [0.2, 0.25) is 0 Å². The molecule has 1 aliphatic rings. The van der Waals surface area contributed by atoms with Crippen LogP contribution < -0.4 is 5.32 Å². The van der Waals surface area contributed by atoms with Gasteiger partial charge in [0.05, 0.1) is 0 Å². The molecule has 122 valence electrons. The fourth-order valence-electron chi connectivity index (χ4n) is 2.83. The van der Waals surface area contributed by atoms with Crippen molar-refractivity contribution in [3.05, 3.63) is 0 Å². The summed E-state index contributed by atoms with van der Waals surface area (Å²) in [4.78, 5) is 26.3. The summed E-state index contributed by atoms with van der Waals surface area (Å²) >= 11 is 0. The van der Waals surface area contributed by atoms with Crippen LogP contribution in [0.25, 0.3) is 0 Å². The van der Waals surface area contributed by atoms with Gasteiger partial charge in [-0.3, -0.25) is 9.59 Å². The van der Waals surface area contributed by atoms with Gasteiger partial charge in [0, 0.05) is 19.1 Å². The number of amides is 2. The molecule has 2 amide bonds. The normalized spacial score (nSPS) is 16.3. The van der Waals surface area contributed by atoms with E-state index in [0.717, 1.165) is 51.4 Å². The van der Waals surface area contributed by atoms with Gasteiger partial charge in [-0.1, -0.05) is 52.4 Å². The lowest BCUT2D eigenvalue weighted by Gasteiger charge is -2.23. The largest absolute Gasteiger partial charge is 0.345 e. The molecule has 0 bridgehead atoms. The van der Waals surface area contributed by atoms with Gasteiger partial charge in [-0.2, -0.15) is 0 Å². The van der Waals surface area contributed by atoms with Crippen molar-refractivity contribution < 1.29 is 9.59 Å². The molecule has 0 atom stereocenters. The van der Waals surface area contributed by atoms with Gasteiger partial charge in [0.25, 0.3) is 0 Å². The maximum atomic E-state index is 12.3. The van der Waals surface area contributed by atoms with Crippen molar-refractivity contribution in [3.63, 3.8) is 0 Å². The molecule has 4 nitrogen and oxygen atoms in total. The zero-order valence-electron chi connectivity index (χ0n) is 13.8. The summed E-state index contributed by atoms with van der Waals surface area (Å²) in [5.41, 5.74) is 0. The second-order valence-electron chi connectivity index (χ2n) is 6.16. The van der Waals surface area contributed by atoms with Crippen molar-refractivity contribution in [2.75, 3.05) is 13.1 Å². The lowest BCUT2D eigenvalue weighted by molar-refractivity contribution is -0.146. The lowest BCUT2D eigenvalue weighted by atomic mass is 10.1. The summed E-state index contributed by atoms with van der Waals surface area (Å²) < 4.78 is 0. The standard InChI is InChI=1S/C17H32N2O2/c1-3-5-13-19(14-6-4-2)17(21)16(20)18-15-11-9-7-8-10-12-15/h15H,3-14H2,1-2H3,(H,18,20). The minimum Gasteiger partial charge on any atom is -0.345 e. The molecule has 0 heterocycles. The summed E-state index contributed by atoms with van der Waals surface area (Å²) in [5.74, 6) is -0.727. The Labute approximate surface area is 129 Å². The van der Waals surface area contributed by atoms with Crippen LogP contribution in [0.3, 0.4) is 0 Å². The van der Waals surface area contributed by atoms with E-state index in [1.165, 1.54) is 12.8 Å². The van der Waals surface area contributed by atoms with Crippen molar-refractivity contribution in [2.24, 2.45) is 0 Å². The predicted octanol–water partition coefficient (Wildman–Crippen LogP) is 3.25. The summed E-state index contributed by atoms with van der Waals surface area (Å²) in [5, 5.41) is 2.96. The zero-order chi connectivity index (χ0) is 15.5. The molecule has 0 unspecified atom stereocenters. The Bertz CT molecular complexity index is 302. The van der Waals surface area contributed by atoms with E-state index in [0.29, 0.717) is 13.1 Å². The van der Waals surface area contributed by atoms with Crippen LogP contribution >= 0.6 is 0 Å². The van der Waals surface area contributed by atoms with Crippen molar-refractivity contribution in [1.29, 1.82) is 0 Å². The minimum absolute atomic E-state index is 0.197. The average Bonchev–Trinajstić information content (AvgIpc) is 2.75. The van der Waals surface area contributed by atoms with Crippen LogP contribution in [0, 0.1) is 0 Å². The minimum atomic E-state index is -0.394. The van der Waals surface area contributed by atoms with Crippen molar-refractivity contribution in [2.45, 2.75) is 84.1 Å². The van der Waals surface area contributed by atoms with Gasteiger partial charge in [-0.25, -0.2) is 0 Å². The van der Waals surface area contributed by atoms with Crippen LogP contribution in [0.4, 0.5) is 0 Å². The Morgan fingerprint density at radius 1 is 0.952 bits per heavy atom. The lowest BCUT2D eigenvalue weighted by Crippen LogP contribution is -2.47. The molecular formula is C17H32N2O2. The highest BCUT2D eigenvalue weighted by molar-refractivity contribution is 6.35. The van der Waals surface area contributed by atoms with E-state index in [4.69, 9.17) is 0 Å². The third kappa shape index (κ3) is 6.96. The Morgan fingerprint density at radius 2 is 1.48 bits per heavy atom. The third-order valence-corrected chi connectivity index (χ3v) is 4.24. The zero-order valence-corrected chi connectivity index (χ0v) is 13.8. The second kappa shape index (κ2) is 10.6. The smallest absolute Gasteiger partial charge is 0.311 e. The van der Waals surface area contributed by atoms with Gasteiger partial charge < -0.3 is 10.2 Å². The molecule has 1 aliphatic carbocycles. The topological polar surface area (TPSA) is 49.4 Å². The highest BCUT2D eigenvalue weighted by Gasteiger charge is 2.24. The van der Waals surface area contributed by atoms with Crippen LogP contribution in [-0.4, -0.2) is 35.8 Å².